The molecule has 3 aromatic heterocycles. The maximum atomic E-state index is 12.8. The summed E-state index contributed by atoms with van der Waals surface area (Å²) >= 11 is 2.92. The molecule has 3 rings (SSSR count). The van der Waals surface area contributed by atoms with E-state index in [-0.39, 0.29) is 18.3 Å². The van der Waals surface area contributed by atoms with E-state index in [1.165, 1.54) is 35.7 Å². The minimum atomic E-state index is -2.68. The molecule has 0 spiro atoms. The number of nitrogens with zero attached hydrogens (tertiary/aromatic N) is 4. The lowest BCUT2D eigenvalue weighted by Crippen LogP contribution is -2.28. The summed E-state index contributed by atoms with van der Waals surface area (Å²) in [5.74, 6) is -0.197. The molecule has 0 atom stereocenters. The molecule has 3 heterocycles. The highest BCUT2D eigenvalue weighted by Gasteiger charge is 2.19. The zero-order valence-electron chi connectivity index (χ0n) is 12.0. The van der Waals surface area contributed by atoms with E-state index in [2.05, 4.69) is 9.97 Å². The van der Waals surface area contributed by atoms with Crippen molar-refractivity contribution in [3.8, 4) is 9.88 Å². The van der Waals surface area contributed by atoms with Gasteiger partial charge in [0.1, 0.15) is 16.5 Å². The average molecular weight is 354 g/mol. The van der Waals surface area contributed by atoms with Crippen molar-refractivity contribution in [1.29, 1.82) is 0 Å². The Labute approximate surface area is 138 Å². The zero-order valence-corrected chi connectivity index (χ0v) is 13.7. The van der Waals surface area contributed by atoms with Crippen LogP contribution in [0.25, 0.3) is 9.88 Å². The lowest BCUT2D eigenvalue weighted by atomic mass is 10.4. The van der Waals surface area contributed by atoms with Crippen molar-refractivity contribution < 1.29 is 13.6 Å². The van der Waals surface area contributed by atoms with Crippen LogP contribution in [0, 0.1) is 0 Å². The molecule has 5 nitrogen and oxygen atoms in total. The highest BCUT2D eigenvalue weighted by molar-refractivity contribution is 7.20. The van der Waals surface area contributed by atoms with Crippen LogP contribution in [0.15, 0.2) is 35.3 Å². The lowest BCUT2D eigenvalue weighted by Gasteiger charge is -2.16. The van der Waals surface area contributed by atoms with Crippen molar-refractivity contribution in [2.24, 2.45) is 0 Å². The number of thiophene rings is 1. The molecule has 0 aliphatic carbocycles. The first kappa shape index (κ1) is 15.8. The number of amides is 1. The third-order valence-electron chi connectivity index (χ3n) is 3.14. The van der Waals surface area contributed by atoms with Crippen molar-refractivity contribution in [2.45, 2.75) is 13.1 Å². The molecule has 0 aliphatic rings. The second-order valence-corrected chi connectivity index (χ2v) is 6.51. The van der Waals surface area contributed by atoms with Crippen molar-refractivity contribution in [2.75, 3.05) is 7.05 Å². The van der Waals surface area contributed by atoms with Crippen LogP contribution < -0.4 is 0 Å². The quantitative estimate of drug-likeness (QED) is 0.701. The molecule has 0 N–H and O–H groups in total. The van der Waals surface area contributed by atoms with Gasteiger partial charge in [-0.25, -0.2) is 9.97 Å². The Morgan fingerprint density at radius 1 is 1.43 bits per heavy atom. The predicted molar refractivity (Wildman–Crippen MR) is 84.7 cm³/mol. The van der Waals surface area contributed by atoms with Gasteiger partial charge in [0.05, 0.1) is 11.4 Å². The highest BCUT2D eigenvalue weighted by Crippen LogP contribution is 2.28. The monoisotopic (exact) mass is 354 g/mol. The van der Waals surface area contributed by atoms with Crippen molar-refractivity contribution in [3.63, 3.8) is 0 Å². The fraction of sp³-hybridized carbons (Fsp3) is 0.214. The van der Waals surface area contributed by atoms with Gasteiger partial charge in [0.15, 0.2) is 0 Å². The van der Waals surface area contributed by atoms with Gasteiger partial charge in [-0.1, -0.05) is 6.07 Å². The maximum absolute atomic E-state index is 12.8. The fourth-order valence-electron chi connectivity index (χ4n) is 2.01. The number of carbonyl (C=O) groups is 1. The molecule has 0 aromatic carbocycles. The molecule has 0 bridgehead atoms. The van der Waals surface area contributed by atoms with Crippen molar-refractivity contribution in [1.82, 2.24) is 19.4 Å². The number of hydrogen-bond donors (Lipinski definition) is 0. The Morgan fingerprint density at radius 3 is 2.96 bits per heavy atom. The van der Waals surface area contributed by atoms with Gasteiger partial charge in [-0.05, 0) is 11.4 Å². The maximum Gasteiger partial charge on any atom is 0.319 e. The fourth-order valence-corrected chi connectivity index (χ4v) is 3.62. The molecule has 3 aromatic rings. The number of alkyl halides is 2. The molecule has 9 heteroatoms. The summed E-state index contributed by atoms with van der Waals surface area (Å²) in [5.41, 5.74) is 0.302. The normalized spacial score (nSPS) is 11.1. The van der Waals surface area contributed by atoms with E-state index in [0.717, 1.165) is 14.5 Å². The van der Waals surface area contributed by atoms with E-state index in [1.807, 2.05) is 17.5 Å². The van der Waals surface area contributed by atoms with Gasteiger partial charge < -0.3 is 4.90 Å². The highest BCUT2D eigenvalue weighted by atomic mass is 32.1. The Morgan fingerprint density at radius 2 is 2.26 bits per heavy atom. The van der Waals surface area contributed by atoms with Gasteiger partial charge in [0, 0.05) is 24.8 Å². The van der Waals surface area contributed by atoms with Gasteiger partial charge in [0.2, 0.25) is 0 Å². The molecule has 0 unspecified atom stereocenters. The molecule has 0 saturated heterocycles. The third-order valence-corrected chi connectivity index (χ3v) is 5.02. The molecular formula is C14H12F2N4OS2. The Kier molecular flexibility index (Phi) is 4.49. The third kappa shape index (κ3) is 3.30. The summed E-state index contributed by atoms with van der Waals surface area (Å²) in [5, 5.41) is 4.38. The lowest BCUT2D eigenvalue weighted by molar-refractivity contribution is 0.0611. The summed E-state index contributed by atoms with van der Waals surface area (Å²) in [6, 6.07) is 3.85. The van der Waals surface area contributed by atoms with Gasteiger partial charge in [-0.2, -0.15) is 8.78 Å². The molecule has 120 valence electrons. The van der Waals surface area contributed by atoms with Crippen molar-refractivity contribution >= 4 is 28.6 Å². The summed E-state index contributed by atoms with van der Waals surface area (Å²) in [4.78, 5) is 22.9. The smallest absolute Gasteiger partial charge is 0.319 e. The number of rotatable bonds is 5. The second-order valence-electron chi connectivity index (χ2n) is 4.70. The van der Waals surface area contributed by atoms with Crippen LogP contribution in [0.1, 0.15) is 22.9 Å². The molecule has 1 amide bonds. The predicted octanol–water partition coefficient (Wildman–Crippen LogP) is 3.74. The standard InChI is InChI=1S/C14H12F2N4OS2/c1-19(7-11-17-4-5-20(11)14(15)16)13(21)9-8-23-12(18-9)10-3-2-6-22-10/h2-6,8,14H,7H2,1H3. The molecule has 0 aliphatic heterocycles. The molecule has 0 radical (unpaired) electrons. The number of halogens is 2. The summed E-state index contributed by atoms with van der Waals surface area (Å²) < 4.78 is 26.3. The molecule has 0 fully saturated rings. The molecular weight excluding hydrogens is 342 g/mol. The van der Waals surface area contributed by atoms with Gasteiger partial charge in [-0.15, -0.1) is 22.7 Å². The van der Waals surface area contributed by atoms with Crippen LogP contribution in [-0.2, 0) is 6.54 Å². The van der Waals surface area contributed by atoms with Crippen LogP contribution in [0.4, 0.5) is 8.78 Å². The number of thiazole rings is 1. The van der Waals surface area contributed by atoms with Gasteiger partial charge in [0.25, 0.3) is 5.91 Å². The van der Waals surface area contributed by atoms with E-state index in [4.69, 9.17) is 0 Å². The molecule has 0 saturated carbocycles. The summed E-state index contributed by atoms with van der Waals surface area (Å²) in [7, 11) is 1.54. The SMILES string of the molecule is CN(Cc1nccn1C(F)F)C(=O)c1csc(-c2cccs2)n1. The van der Waals surface area contributed by atoms with Crippen LogP contribution in [-0.4, -0.2) is 32.4 Å². The first-order valence-corrected chi connectivity index (χ1v) is 8.37. The largest absolute Gasteiger partial charge is 0.333 e. The van der Waals surface area contributed by atoms with Crippen LogP contribution in [0.2, 0.25) is 0 Å². The van der Waals surface area contributed by atoms with E-state index < -0.39 is 6.55 Å². The minimum Gasteiger partial charge on any atom is -0.333 e. The Hall–Kier alpha value is -2.13. The van der Waals surface area contributed by atoms with Crippen LogP contribution >= 0.6 is 22.7 Å². The summed E-state index contributed by atoms with van der Waals surface area (Å²) in [6.45, 7) is -2.69. The number of imidazole rings is 1. The van der Waals surface area contributed by atoms with Crippen LogP contribution in [0.5, 0.6) is 0 Å². The molecule has 23 heavy (non-hydrogen) atoms. The van der Waals surface area contributed by atoms with E-state index in [1.54, 1.807) is 16.7 Å². The Balaban J connectivity index is 1.74. The van der Waals surface area contributed by atoms with E-state index in [9.17, 15) is 13.6 Å². The van der Waals surface area contributed by atoms with Crippen molar-refractivity contribution in [3.05, 3.63) is 46.8 Å². The number of hydrogen-bond acceptors (Lipinski definition) is 5. The average Bonchev–Trinajstić information content (AvgIpc) is 3.26. The van der Waals surface area contributed by atoms with Gasteiger partial charge in [-0.3, -0.25) is 9.36 Å². The first-order valence-electron chi connectivity index (χ1n) is 6.61. The number of aromatic nitrogens is 3. The topological polar surface area (TPSA) is 51.0 Å². The second kappa shape index (κ2) is 6.55. The summed E-state index contributed by atoms with van der Waals surface area (Å²) in [6.07, 6.45) is 2.48. The first-order chi connectivity index (χ1) is 11.1. The Bertz CT molecular complexity index is 797. The van der Waals surface area contributed by atoms with Crippen LogP contribution in [0.3, 0.4) is 0 Å². The zero-order chi connectivity index (χ0) is 16.4. The number of carbonyl (C=O) groups excluding carboxylic acids is 1. The van der Waals surface area contributed by atoms with E-state index >= 15 is 0 Å². The van der Waals surface area contributed by atoms with E-state index in [0.29, 0.717) is 5.69 Å². The minimum absolute atomic E-state index is 0.0119. The van der Waals surface area contributed by atoms with Gasteiger partial charge >= 0.3 is 6.55 Å².